The van der Waals surface area contributed by atoms with Crippen molar-refractivity contribution in [1.82, 2.24) is 15.6 Å². The van der Waals surface area contributed by atoms with Gasteiger partial charge in [-0.1, -0.05) is 48.5 Å². The van der Waals surface area contributed by atoms with E-state index in [4.69, 9.17) is 14.3 Å². The van der Waals surface area contributed by atoms with Crippen LogP contribution in [0.5, 0.6) is 0 Å². The van der Waals surface area contributed by atoms with E-state index >= 15 is 0 Å². The summed E-state index contributed by atoms with van der Waals surface area (Å²) in [5, 5.41) is 10.4. The molecule has 4 rings (SSSR count). The van der Waals surface area contributed by atoms with Gasteiger partial charge < -0.3 is 15.4 Å². The first-order valence-electron chi connectivity index (χ1n) is 12.3. The Balaban J connectivity index is 1.59. The summed E-state index contributed by atoms with van der Waals surface area (Å²) in [6.07, 6.45) is -0.0972. The molecular formula is C27H28N4O6S3. The number of carbonyl (C=O) groups is 2. The van der Waals surface area contributed by atoms with Gasteiger partial charge in [0.1, 0.15) is 11.0 Å². The van der Waals surface area contributed by atoms with E-state index in [1.807, 2.05) is 57.9 Å². The van der Waals surface area contributed by atoms with Gasteiger partial charge in [0.15, 0.2) is 0 Å². The molecule has 0 aliphatic heterocycles. The second-order valence-electron chi connectivity index (χ2n) is 8.70. The second kappa shape index (κ2) is 13.5. The van der Waals surface area contributed by atoms with Crippen LogP contribution < -0.4 is 15.4 Å². The average molecular weight is 601 g/mol. The van der Waals surface area contributed by atoms with E-state index in [0.717, 1.165) is 21.0 Å². The van der Waals surface area contributed by atoms with Crippen LogP contribution in [0.25, 0.3) is 9.88 Å². The zero-order valence-corrected chi connectivity index (χ0v) is 23.9. The fourth-order valence-electron chi connectivity index (χ4n) is 3.93. The van der Waals surface area contributed by atoms with Crippen molar-refractivity contribution in [2.45, 2.75) is 31.8 Å². The number of nitrogens with one attached hydrogen (secondary N) is 3. The van der Waals surface area contributed by atoms with E-state index in [2.05, 4.69) is 10.6 Å². The predicted octanol–water partition coefficient (Wildman–Crippen LogP) is 4.84. The smallest absolute Gasteiger partial charge is 0.407 e. The number of carbonyl (C=O) groups excluding carboxylic acids is 2. The van der Waals surface area contributed by atoms with Crippen LogP contribution in [-0.4, -0.2) is 42.6 Å². The number of benzene rings is 2. The lowest BCUT2D eigenvalue weighted by Gasteiger charge is -2.23. The normalized spacial score (nSPS) is 12.8. The molecule has 0 aliphatic carbocycles. The Kier molecular flexibility index (Phi) is 9.88. The number of anilines is 1. The highest BCUT2D eigenvalue weighted by molar-refractivity contribution is 7.87. The maximum absolute atomic E-state index is 13.6. The Morgan fingerprint density at radius 1 is 0.950 bits per heavy atom. The minimum Gasteiger partial charge on any atom is -0.450 e. The van der Waals surface area contributed by atoms with Crippen LogP contribution in [0.2, 0.25) is 0 Å². The van der Waals surface area contributed by atoms with Gasteiger partial charge in [0.25, 0.3) is 0 Å². The van der Waals surface area contributed by atoms with Crippen LogP contribution in [0, 0.1) is 0 Å². The largest absolute Gasteiger partial charge is 0.450 e. The number of aromatic nitrogens is 1. The Hall–Kier alpha value is -3.78. The van der Waals surface area contributed by atoms with Crippen molar-refractivity contribution in [3.63, 3.8) is 0 Å². The van der Waals surface area contributed by atoms with Crippen LogP contribution >= 0.6 is 22.7 Å². The summed E-state index contributed by atoms with van der Waals surface area (Å²) in [6.45, 7) is 1.85. The van der Waals surface area contributed by atoms with E-state index in [-0.39, 0.29) is 18.7 Å². The van der Waals surface area contributed by atoms with Gasteiger partial charge in [0.05, 0.1) is 28.9 Å². The summed E-state index contributed by atoms with van der Waals surface area (Å²) in [7, 11) is -4.40. The lowest BCUT2D eigenvalue weighted by Crippen LogP contribution is -2.49. The first kappa shape index (κ1) is 29.2. The molecule has 10 nitrogen and oxygen atoms in total. The summed E-state index contributed by atoms with van der Waals surface area (Å²) in [5.74, 6) is -0.405. The lowest BCUT2D eigenvalue weighted by molar-refractivity contribution is -0.123. The van der Waals surface area contributed by atoms with E-state index in [9.17, 15) is 18.0 Å². The highest BCUT2D eigenvalue weighted by Crippen LogP contribution is 2.31. The quantitative estimate of drug-likeness (QED) is 0.170. The van der Waals surface area contributed by atoms with E-state index in [0.29, 0.717) is 12.1 Å². The molecule has 4 aromatic rings. The van der Waals surface area contributed by atoms with E-state index in [1.54, 1.807) is 30.4 Å². The molecule has 13 heteroatoms. The number of ether oxygens (including phenoxy) is 1. The molecule has 40 heavy (non-hydrogen) atoms. The summed E-state index contributed by atoms with van der Waals surface area (Å²) in [5.41, 5.74) is 2.50. The maximum Gasteiger partial charge on any atom is 0.407 e. The standard InChI is InChI=1S/C27H28N4O6S3/c1-2-37-27(33)30-22(16-18-7-4-3-5-8-18)25(32)28-21(23-17-39-26(29-23)24-9-6-14-38-24)15-19-10-12-20(13-11-19)31-40(34,35)36/h3-14,17,21-22,31H,2,15-16H2,1H3,(H,28,32)(H,30,33)(H,34,35,36). The Bertz CT molecular complexity index is 1510. The van der Waals surface area contributed by atoms with Gasteiger partial charge in [-0.15, -0.1) is 22.7 Å². The van der Waals surface area contributed by atoms with Crippen molar-refractivity contribution < 1.29 is 27.3 Å². The molecule has 2 aromatic heterocycles. The zero-order chi connectivity index (χ0) is 28.5. The van der Waals surface area contributed by atoms with Crippen LogP contribution in [0.3, 0.4) is 0 Å². The predicted molar refractivity (Wildman–Crippen MR) is 156 cm³/mol. The zero-order valence-electron chi connectivity index (χ0n) is 21.4. The van der Waals surface area contributed by atoms with Crippen molar-refractivity contribution >= 4 is 50.7 Å². The summed E-state index contributed by atoms with van der Waals surface area (Å²) >= 11 is 3.03. The third-order valence-corrected chi connectivity index (χ3v) is 8.13. The number of thiazole rings is 1. The molecular weight excluding hydrogens is 573 g/mol. The molecule has 0 fully saturated rings. The highest BCUT2D eigenvalue weighted by atomic mass is 32.2. The maximum atomic E-state index is 13.6. The molecule has 0 bridgehead atoms. The molecule has 2 amide bonds. The minimum absolute atomic E-state index is 0.168. The summed E-state index contributed by atoms with van der Waals surface area (Å²) in [4.78, 5) is 31.7. The van der Waals surface area contributed by atoms with E-state index in [1.165, 1.54) is 23.5 Å². The molecule has 0 radical (unpaired) electrons. The van der Waals surface area contributed by atoms with Crippen molar-refractivity contribution in [3.05, 3.63) is 94.3 Å². The minimum atomic E-state index is -4.40. The fourth-order valence-corrected chi connectivity index (χ4v) is 6.05. The molecule has 2 atom stereocenters. The lowest BCUT2D eigenvalue weighted by atomic mass is 10.0. The molecule has 0 spiro atoms. The second-order valence-corrected chi connectivity index (χ2v) is 11.7. The van der Waals surface area contributed by atoms with Gasteiger partial charge in [0, 0.05) is 11.8 Å². The topological polar surface area (TPSA) is 147 Å². The monoisotopic (exact) mass is 600 g/mol. The first-order valence-corrected chi connectivity index (χ1v) is 15.5. The van der Waals surface area contributed by atoms with Crippen molar-refractivity contribution in [1.29, 1.82) is 0 Å². The number of nitrogens with zero attached hydrogens (tertiary/aromatic N) is 1. The molecule has 0 saturated heterocycles. The Labute approximate surface area is 240 Å². The Morgan fingerprint density at radius 2 is 1.68 bits per heavy atom. The number of alkyl carbamates (subject to hydrolysis) is 1. The number of thiophene rings is 1. The highest BCUT2D eigenvalue weighted by Gasteiger charge is 2.26. The average Bonchev–Trinajstić information content (AvgIpc) is 3.61. The number of hydrogen-bond acceptors (Lipinski definition) is 8. The van der Waals surface area contributed by atoms with Crippen LogP contribution in [0.1, 0.15) is 29.8 Å². The molecule has 2 unspecified atom stereocenters. The van der Waals surface area contributed by atoms with Gasteiger partial charge in [-0.3, -0.25) is 14.1 Å². The van der Waals surface area contributed by atoms with Crippen molar-refractivity contribution in [3.8, 4) is 9.88 Å². The van der Waals surface area contributed by atoms with Gasteiger partial charge in [0.2, 0.25) is 5.91 Å². The number of rotatable bonds is 12. The number of amides is 2. The van der Waals surface area contributed by atoms with Gasteiger partial charge in [-0.25, -0.2) is 9.78 Å². The van der Waals surface area contributed by atoms with Crippen LogP contribution in [-0.2, 0) is 32.7 Å². The Morgan fingerprint density at radius 3 is 2.33 bits per heavy atom. The molecule has 4 N–H and O–H groups in total. The van der Waals surface area contributed by atoms with E-state index < -0.39 is 34.4 Å². The molecule has 2 aromatic carbocycles. The molecule has 210 valence electrons. The third kappa shape index (κ3) is 8.61. The summed E-state index contributed by atoms with van der Waals surface area (Å²) in [6, 6.07) is 18.2. The van der Waals surface area contributed by atoms with Gasteiger partial charge >= 0.3 is 16.4 Å². The third-order valence-electron chi connectivity index (χ3n) is 5.73. The number of hydrogen-bond donors (Lipinski definition) is 4. The molecule has 2 heterocycles. The fraction of sp³-hybridized carbons (Fsp3) is 0.222. The molecule has 0 saturated carbocycles. The molecule has 0 aliphatic rings. The van der Waals surface area contributed by atoms with Crippen LogP contribution in [0.4, 0.5) is 10.5 Å². The SMILES string of the molecule is CCOC(=O)NC(Cc1ccccc1)C(=O)NC(Cc1ccc(NS(=O)(=O)O)cc1)c1csc(-c2cccs2)n1. The van der Waals surface area contributed by atoms with Crippen molar-refractivity contribution in [2.75, 3.05) is 11.3 Å². The van der Waals surface area contributed by atoms with Gasteiger partial charge in [-0.05, 0) is 48.1 Å². The first-order chi connectivity index (χ1) is 19.2. The summed E-state index contributed by atoms with van der Waals surface area (Å²) < 4.78 is 38.3. The van der Waals surface area contributed by atoms with Crippen LogP contribution in [0.15, 0.2) is 77.5 Å². The van der Waals surface area contributed by atoms with Crippen molar-refractivity contribution in [2.24, 2.45) is 0 Å². The van der Waals surface area contributed by atoms with Gasteiger partial charge in [-0.2, -0.15) is 8.42 Å².